The number of hydrogen-bond acceptors (Lipinski definition) is 3. The molecule has 1 fully saturated rings. The van der Waals surface area contributed by atoms with Crippen molar-refractivity contribution in [1.82, 2.24) is 4.90 Å². The second kappa shape index (κ2) is 8.82. The van der Waals surface area contributed by atoms with Gasteiger partial charge in [-0.3, -0.25) is 0 Å². The summed E-state index contributed by atoms with van der Waals surface area (Å²) in [6, 6.07) is 9.55. The third kappa shape index (κ3) is 4.69. The van der Waals surface area contributed by atoms with Crippen LogP contribution in [0.3, 0.4) is 0 Å². The quantitative estimate of drug-likeness (QED) is 0.873. The predicted octanol–water partition coefficient (Wildman–Crippen LogP) is 2.85. The Morgan fingerprint density at radius 1 is 1.35 bits per heavy atom. The summed E-state index contributed by atoms with van der Waals surface area (Å²) in [4.78, 5) is 13.5. The Morgan fingerprint density at radius 2 is 2.00 bits per heavy atom. The molecule has 1 saturated heterocycles. The van der Waals surface area contributed by atoms with Crippen LogP contribution in [0.5, 0.6) is 0 Å². The number of carbonyl (C=O) groups excluding carboxylic acids is 1. The zero-order chi connectivity index (χ0) is 15.0. The first-order chi connectivity index (χ1) is 9.70. The minimum Gasteiger partial charge on any atom is -0.445 e. The lowest BCUT2D eigenvalue weighted by molar-refractivity contribution is 0.103. The Morgan fingerprint density at radius 3 is 2.55 bits per heavy atom. The molecule has 1 amide bonds. The number of amides is 1. The van der Waals surface area contributed by atoms with Gasteiger partial charge in [0, 0.05) is 30.9 Å². The van der Waals surface area contributed by atoms with Crippen molar-refractivity contribution in [1.29, 1.82) is 0 Å². The fourth-order valence-corrected chi connectivity index (χ4v) is 2.35. The molecule has 0 saturated carbocycles. The van der Waals surface area contributed by atoms with Crippen molar-refractivity contribution in [3.05, 3.63) is 35.9 Å². The zero-order valence-corrected chi connectivity index (χ0v) is 12.8. The number of hydrogen-bond donors (Lipinski definition) is 1. The summed E-state index contributed by atoms with van der Waals surface area (Å²) in [5.41, 5.74) is 6.87. The van der Waals surface area contributed by atoms with Crippen molar-refractivity contribution < 1.29 is 9.53 Å². The lowest BCUT2D eigenvalue weighted by Gasteiger charge is -2.15. The maximum atomic E-state index is 11.8. The third-order valence-electron chi connectivity index (χ3n) is 3.15. The lowest BCUT2D eigenvalue weighted by atomic mass is 10.1. The molecule has 112 valence electrons. The van der Waals surface area contributed by atoms with Crippen LogP contribution in [-0.2, 0) is 11.3 Å². The number of benzene rings is 1. The number of carbonyl (C=O) groups is 1. The molecule has 1 aliphatic rings. The highest BCUT2D eigenvalue weighted by molar-refractivity contribution is 6.18. The molecule has 2 rings (SSSR count). The SMILES string of the molecule is CC.NC1CN(C(=O)OCc2ccccc2)CC1CCl. The molecule has 0 spiro atoms. The first kappa shape index (κ1) is 16.8. The molecule has 2 N–H and O–H groups in total. The molecule has 0 aromatic heterocycles. The molecule has 1 aromatic rings. The largest absolute Gasteiger partial charge is 0.445 e. The van der Waals surface area contributed by atoms with Gasteiger partial charge in [-0.25, -0.2) is 4.79 Å². The predicted molar refractivity (Wildman–Crippen MR) is 81.7 cm³/mol. The number of rotatable bonds is 3. The summed E-state index contributed by atoms with van der Waals surface area (Å²) >= 11 is 5.79. The van der Waals surface area contributed by atoms with E-state index in [1.165, 1.54) is 0 Å². The fourth-order valence-electron chi connectivity index (χ4n) is 2.02. The fraction of sp³-hybridized carbons (Fsp3) is 0.533. The van der Waals surface area contributed by atoms with E-state index in [-0.39, 0.29) is 24.7 Å². The van der Waals surface area contributed by atoms with Crippen molar-refractivity contribution in [3.63, 3.8) is 0 Å². The molecule has 1 heterocycles. The monoisotopic (exact) mass is 298 g/mol. The van der Waals surface area contributed by atoms with Gasteiger partial charge in [0.05, 0.1) is 0 Å². The summed E-state index contributed by atoms with van der Waals surface area (Å²) in [7, 11) is 0. The van der Waals surface area contributed by atoms with Crippen LogP contribution in [0.25, 0.3) is 0 Å². The van der Waals surface area contributed by atoms with Crippen LogP contribution in [0.15, 0.2) is 30.3 Å². The van der Waals surface area contributed by atoms with Crippen molar-refractivity contribution >= 4 is 17.7 Å². The van der Waals surface area contributed by atoms with Crippen LogP contribution in [0, 0.1) is 5.92 Å². The van der Waals surface area contributed by atoms with E-state index >= 15 is 0 Å². The van der Waals surface area contributed by atoms with Crippen LogP contribution in [0.4, 0.5) is 4.79 Å². The van der Waals surface area contributed by atoms with Gasteiger partial charge >= 0.3 is 6.09 Å². The highest BCUT2D eigenvalue weighted by atomic mass is 35.5. The van der Waals surface area contributed by atoms with E-state index < -0.39 is 0 Å². The van der Waals surface area contributed by atoms with Crippen LogP contribution in [-0.4, -0.2) is 36.0 Å². The Kier molecular flexibility index (Phi) is 7.41. The molecule has 2 atom stereocenters. The number of likely N-dealkylation sites (tertiary alicyclic amines) is 1. The lowest BCUT2D eigenvalue weighted by Crippen LogP contribution is -2.32. The maximum absolute atomic E-state index is 11.8. The molecule has 4 nitrogen and oxygen atoms in total. The standard InChI is InChI=1S/C13H17ClN2O2.C2H6/c14-6-11-7-16(8-12(11)15)13(17)18-9-10-4-2-1-3-5-10;1-2/h1-5,11-12H,6-9,15H2;1-2H3. The molecule has 0 radical (unpaired) electrons. The smallest absolute Gasteiger partial charge is 0.410 e. The van der Waals surface area contributed by atoms with E-state index in [1.807, 2.05) is 44.2 Å². The summed E-state index contributed by atoms with van der Waals surface area (Å²) in [5, 5.41) is 0. The summed E-state index contributed by atoms with van der Waals surface area (Å²) in [6.45, 7) is 5.39. The van der Waals surface area contributed by atoms with Gasteiger partial charge < -0.3 is 15.4 Å². The van der Waals surface area contributed by atoms with Crippen molar-refractivity contribution in [2.24, 2.45) is 11.7 Å². The first-order valence-corrected chi connectivity index (χ1v) is 7.51. The number of nitrogens with two attached hydrogens (primary N) is 1. The van der Waals surface area contributed by atoms with Gasteiger partial charge in [0.2, 0.25) is 0 Å². The first-order valence-electron chi connectivity index (χ1n) is 6.98. The Bertz CT molecular complexity index is 400. The average Bonchev–Trinajstić information content (AvgIpc) is 2.89. The highest BCUT2D eigenvalue weighted by Gasteiger charge is 2.33. The molecule has 1 aliphatic heterocycles. The van der Waals surface area contributed by atoms with Crippen LogP contribution in [0.1, 0.15) is 19.4 Å². The van der Waals surface area contributed by atoms with Gasteiger partial charge in [-0.2, -0.15) is 0 Å². The molecule has 20 heavy (non-hydrogen) atoms. The van der Waals surface area contributed by atoms with E-state index in [4.69, 9.17) is 22.1 Å². The van der Waals surface area contributed by atoms with Crippen LogP contribution >= 0.6 is 11.6 Å². The summed E-state index contributed by atoms with van der Waals surface area (Å²) in [5.74, 6) is 0.639. The van der Waals surface area contributed by atoms with Gasteiger partial charge in [0.25, 0.3) is 0 Å². The van der Waals surface area contributed by atoms with E-state index in [1.54, 1.807) is 4.90 Å². The molecular formula is C15H23ClN2O2. The molecule has 2 unspecified atom stereocenters. The molecule has 5 heteroatoms. The molecule has 0 bridgehead atoms. The average molecular weight is 299 g/mol. The van der Waals surface area contributed by atoms with E-state index in [2.05, 4.69) is 0 Å². The number of halogens is 1. The molecule has 0 aliphatic carbocycles. The minimum absolute atomic E-state index is 0.0493. The number of ether oxygens (including phenoxy) is 1. The Labute approximate surface area is 125 Å². The van der Waals surface area contributed by atoms with Gasteiger partial charge in [-0.15, -0.1) is 11.6 Å². The number of nitrogens with zero attached hydrogens (tertiary/aromatic N) is 1. The van der Waals surface area contributed by atoms with Crippen molar-refractivity contribution in [2.45, 2.75) is 26.5 Å². The van der Waals surface area contributed by atoms with Gasteiger partial charge in [0.1, 0.15) is 6.61 Å². The van der Waals surface area contributed by atoms with E-state index in [9.17, 15) is 4.79 Å². The van der Waals surface area contributed by atoms with Crippen LogP contribution < -0.4 is 5.73 Å². The molecular weight excluding hydrogens is 276 g/mol. The Balaban J connectivity index is 0.000000956. The second-order valence-electron chi connectivity index (χ2n) is 4.52. The van der Waals surface area contributed by atoms with Crippen molar-refractivity contribution in [2.75, 3.05) is 19.0 Å². The normalized spacial score (nSPS) is 21.1. The van der Waals surface area contributed by atoms with Crippen molar-refractivity contribution in [3.8, 4) is 0 Å². The van der Waals surface area contributed by atoms with Gasteiger partial charge in [0.15, 0.2) is 0 Å². The van der Waals surface area contributed by atoms with E-state index in [0.29, 0.717) is 19.0 Å². The minimum atomic E-state index is -0.318. The Hall–Kier alpha value is -1.26. The van der Waals surface area contributed by atoms with Gasteiger partial charge in [-0.1, -0.05) is 44.2 Å². The van der Waals surface area contributed by atoms with E-state index in [0.717, 1.165) is 5.56 Å². The highest BCUT2D eigenvalue weighted by Crippen LogP contribution is 2.17. The number of alkyl halides is 1. The zero-order valence-electron chi connectivity index (χ0n) is 12.1. The summed E-state index contributed by atoms with van der Waals surface area (Å²) in [6.07, 6.45) is -0.318. The molecule has 1 aromatic carbocycles. The third-order valence-corrected chi connectivity index (χ3v) is 3.55. The van der Waals surface area contributed by atoms with Gasteiger partial charge in [-0.05, 0) is 5.56 Å². The topological polar surface area (TPSA) is 55.6 Å². The summed E-state index contributed by atoms with van der Waals surface area (Å²) < 4.78 is 5.24. The maximum Gasteiger partial charge on any atom is 0.410 e. The second-order valence-corrected chi connectivity index (χ2v) is 4.83. The van der Waals surface area contributed by atoms with Crippen LogP contribution in [0.2, 0.25) is 0 Å².